The Balaban J connectivity index is 1.51. The van der Waals surface area contributed by atoms with Gasteiger partial charge in [-0.3, -0.25) is 24.6 Å². The van der Waals surface area contributed by atoms with Crippen LogP contribution in [0.4, 0.5) is 10.2 Å². The summed E-state index contributed by atoms with van der Waals surface area (Å²) in [6.45, 7) is 3.15. The SMILES string of the molecule is CCc1nc2ccc(Cl)cn2c1C(=O)NCc1cnc(N2CCN=CN2)c(F)c1. The number of amides is 1. The summed E-state index contributed by atoms with van der Waals surface area (Å²) in [4.78, 5) is 25.5. The van der Waals surface area contributed by atoms with Crippen molar-refractivity contribution in [3.8, 4) is 0 Å². The number of aromatic nitrogens is 3. The van der Waals surface area contributed by atoms with Crippen molar-refractivity contribution in [1.82, 2.24) is 25.1 Å². The molecular formula is C19H19ClFN7O. The van der Waals surface area contributed by atoms with Crippen molar-refractivity contribution in [2.24, 2.45) is 4.99 Å². The predicted molar refractivity (Wildman–Crippen MR) is 109 cm³/mol. The minimum atomic E-state index is -0.476. The Morgan fingerprint density at radius 2 is 2.28 bits per heavy atom. The lowest BCUT2D eigenvalue weighted by atomic mass is 10.2. The zero-order valence-electron chi connectivity index (χ0n) is 15.7. The minimum absolute atomic E-state index is 0.134. The van der Waals surface area contributed by atoms with E-state index < -0.39 is 5.82 Å². The van der Waals surface area contributed by atoms with Gasteiger partial charge in [-0.1, -0.05) is 18.5 Å². The molecule has 3 aromatic rings. The van der Waals surface area contributed by atoms with Crippen LogP contribution in [-0.4, -0.2) is 39.7 Å². The van der Waals surface area contributed by atoms with Crippen LogP contribution in [0.5, 0.6) is 0 Å². The van der Waals surface area contributed by atoms with E-state index in [9.17, 15) is 9.18 Å². The molecule has 0 fully saturated rings. The summed E-state index contributed by atoms with van der Waals surface area (Å²) in [7, 11) is 0. The molecule has 1 amide bonds. The predicted octanol–water partition coefficient (Wildman–Crippen LogP) is 2.37. The number of carbonyl (C=O) groups excluding carboxylic acids is 1. The van der Waals surface area contributed by atoms with E-state index >= 15 is 0 Å². The third-order valence-electron chi connectivity index (χ3n) is 4.55. The van der Waals surface area contributed by atoms with E-state index in [-0.39, 0.29) is 18.3 Å². The van der Waals surface area contributed by atoms with Crippen molar-refractivity contribution < 1.29 is 9.18 Å². The Kier molecular flexibility index (Phi) is 5.30. The monoisotopic (exact) mass is 415 g/mol. The van der Waals surface area contributed by atoms with E-state index in [0.29, 0.717) is 47.1 Å². The van der Waals surface area contributed by atoms with E-state index in [0.717, 1.165) is 0 Å². The van der Waals surface area contributed by atoms with Gasteiger partial charge < -0.3 is 5.32 Å². The first-order chi connectivity index (χ1) is 14.1. The molecule has 0 saturated heterocycles. The maximum Gasteiger partial charge on any atom is 0.270 e. The number of nitrogens with zero attached hydrogens (tertiary/aromatic N) is 5. The number of nitrogens with one attached hydrogen (secondary N) is 2. The summed E-state index contributed by atoms with van der Waals surface area (Å²) in [5, 5.41) is 4.90. The van der Waals surface area contributed by atoms with E-state index in [1.807, 2.05) is 6.92 Å². The fourth-order valence-electron chi connectivity index (χ4n) is 3.15. The molecule has 4 rings (SSSR count). The van der Waals surface area contributed by atoms with Gasteiger partial charge in [0.05, 0.1) is 23.8 Å². The zero-order chi connectivity index (χ0) is 20.4. The van der Waals surface area contributed by atoms with Gasteiger partial charge >= 0.3 is 0 Å². The van der Waals surface area contributed by atoms with Gasteiger partial charge in [-0.25, -0.2) is 14.4 Å². The maximum atomic E-state index is 14.5. The van der Waals surface area contributed by atoms with Gasteiger partial charge in [0, 0.05) is 18.9 Å². The molecule has 1 aliphatic heterocycles. The Morgan fingerprint density at radius 3 is 3.00 bits per heavy atom. The topological polar surface area (TPSA) is 86.9 Å². The smallest absolute Gasteiger partial charge is 0.270 e. The van der Waals surface area contributed by atoms with E-state index in [1.54, 1.807) is 27.7 Å². The molecule has 0 unspecified atom stereocenters. The van der Waals surface area contributed by atoms with Crippen LogP contribution < -0.4 is 15.8 Å². The molecule has 2 N–H and O–H groups in total. The summed E-state index contributed by atoms with van der Waals surface area (Å²) in [5.74, 6) is -0.596. The second kappa shape index (κ2) is 8.04. The summed E-state index contributed by atoms with van der Waals surface area (Å²) in [6.07, 6.45) is 5.30. The van der Waals surface area contributed by atoms with E-state index in [1.165, 1.54) is 18.6 Å². The quantitative estimate of drug-likeness (QED) is 0.668. The molecule has 29 heavy (non-hydrogen) atoms. The summed E-state index contributed by atoms with van der Waals surface area (Å²) in [5.41, 5.74) is 5.13. The van der Waals surface area contributed by atoms with Gasteiger partial charge in [-0.05, 0) is 30.2 Å². The molecule has 1 aliphatic rings. The molecule has 150 valence electrons. The number of fused-ring (bicyclic) bond motifs is 1. The van der Waals surface area contributed by atoms with Crippen molar-refractivity contribution in [3.05, 3.63) is 58.4 Å². The molecule has 4 heterocycles. The van der Waals surface area contributed by atoms with Gasteiger partial charge in [0.2, 0.25) is 0 Å². The number of aryl methyl sites for hydroxylation is 1. The Hall–Kier alpha value is -3.20. The lowest BCUT2D eigenvalue weighted by Gasteiger charge is -2.25. The molecule has 0 aliphatic carbocycles. The average Bonchev–Trinajstić information content (AvgIpc) is 3.10. The minimum Gasteiger partial charge on any atom is -0.347 e. The van der Waals surface area contributed by atoms with Crippen LogP contribution in [0.2, 0.25) is 5.02 Å². The maximum absolute atomic E-state index is 14.5. The number of hydrazine groups is 1. The van der Waals surface area contributed by atoms with E-state index in [4.69, 9.17) is 11.6 Å². The molecule has 8 nitrogen and oxygen atoms in total. The highest BCUT2D eigenvalue weighted by Crippen LogP contribution is 2.19. The summed E-state index contributed by atoms with van der Waals surface area (Å²) >= 11 is 6.07. The summed E-state index contributed by atoms with van der Waals surface area (Å²) in [6, 6.07) is 4.85. The van der Waals surface area contributed by atoms with Crippen LogP contribution in [0.25, 0.3) is 5.65 Å². The standard InChI is InChI=1S/C19H19ClFN7O/c1-2-15-17(27-10-13(20)3-4-16(27)26-15)19(29)24-9-12-7-14(21)18(23-8-12)28-6-5-22-11-25-28/h3-4,7-8,10-11H,2,5-6,9H2,1H3,(H,22,25)(H,24,29). The van der Waals surface area contributed by atoms with Crippen LogP contribution in [0, 0.1) is 5.82 Å². The first-order valence-electron chi connectivity index (χ1n) is 9.18. The Labute approximate surface area is 171 Å². The van der Waals surface area contributed by atoms with Crippen LogP contribution in [0.15, 0.2) is 35.6 Å². The first-order valence-corrected chi connectivity index (χ1v) is 9.55. The Morgan fingerprint density at radius 1 is 1.41 bits per heavy atom. The van der Waals surface area contributed by atoms with Crippen molar-refractivity contribution >= 4 is 35.3 Å². The number of pyridine rings is 2. The molecular weight excluding hydrogens is 397 g/mol. The first kappa shape index (κ1) is 19.1. The molecule has 10 heteroatoms. The highest BCUT2D eigenvalue weighted by molar-refractivity contribution is 6.30. The number of hydrogen-bond acceptors (Lipinski definition) is 6. The molecule has 0 aromatic carbocycles. The molecule has 0 atom stereocenters. The third-order valence-corrected chi connectivity index (χ3v) is 4.77. The molecule has 0 bridgehead atoms. The molecule has 0 spiro atoms. The number of aliphatic imine (C=N–C) groups is 1. The van der Waals surface area contributed by atoms with Crippen molar-refractivity contribution in [1.29, 1.82) is 0 Å². The lowest BCUT2D eigenvalue weighted by molar-refractivity contribution is 0.0944. The largest absolute Gasteiger partial charge is 0.347 e. The van der Waals surface area contributed by atoms with Crippen molar-refractivity contribution in [3.63, 3.8) is 0 Å². The number of carbonyl (C=O) groups is 1. The lowest BCUT2D eigenvalue weighted by Crippen LogP contribution is -2.43. The molecule has 0 radical (unpaired) electrons. The number of halogens is 2. The molecule has 3 aromatic heterocycles. The van der Waals surface area contributed by atoms with Gasteiger partial charge in [-0.2, -0.15) is 0 Å². The highest BCUT2D eigenvalue weighted by atomic mass is 35.5. The summed E-state index contributed by atoms with van der Waals surface area (Å²) < 4.78 is 16.1. The van der Waals surface area contributed by atoms with Crippen molar-refractivity contribution in [2.45, 2.75) is 19.9 Å². The van der Waals surface area contributed by atoms with Crippen LogP contribution >= 0.6 is 11.6 Å². The molecule has 0 saturated carbocycles. The normalized spacial score (nSPS) is 13.6. The number of hydrogen-bond donors (Lipinski definition) is 2. The second-order valence-corrected chi connectivity index (χ2v) is 6.92. The van der Waals surface area contributed by atoms with Crippen LogP contribution in [0.1, 0.15) is 28.7 Å². The van der Waals surface area contributed by atoms with Gasteiger partial charge in [-0.15, -0.1) is 0 Å². The highest BCUT2D eigenvalue weighted by Gasteiger charge is 2.19. The number of imidazole rings is 1. The number of rotatable bonds is 5. The fraction of sp³-hybridized carbons (Fsp3) is 0.263. The van der Waals surface area contributed by atoms with Crippen molar-refractivity contribution in [2.75, 3.05) is 18.1 Å². The fourth-order valence-corrected chi connectivity index (χ4v) is 3.31. The Bertz CT molecular complexity index is 1100. The van der Waals surface area contributed by atoms with Gasteiger partial charge in [0.15, 0.2) is 11.6 Å². The van der Waals surface area contributed by atoms with E-state index in [2.05, 4.69) is 25.7 Å². The van der Waals surface area contributed by atoms with Gasteiger partial charge in [0.1, 0.15) is 17.7 Å². The number of anilines is 1. The van der Waals surface area contributed by atoms with Gasteiger partial charge in [0.25, 0.3) is 5.91 Å². The third kappa shape index (κ3) is 3.86. The second-order valence-electron chi connectivity index (χ2n) is 6.48. The van der Waals surface area contributed by atoms with Crippen LogP contribution in [0.3, 0.4) is 0 Å². The zero-order valence-corrected chi connectivity index (χ0v) is 16.4. The van der Waals surface area contributed by atoms with Crippen LogP contribution in [-0.2, 0) is 13.0 Å². The average molecular weight is 416 g/mol.